The third-order valence-corrected chi connectivity index (χ3v) is 9.98. The van der Waals surface area contributed by atoms with Gasteiger partial charge in [-0.05, 0) is 52.3 Å². The van der Waals surface area contributed by atoms with E-state index in [0.717, 1.165) is 17.5 Å². The van der Waals surface area contributed by atoms with Crippen LogP contribution in [0.3, 0.4) is 0 Å². The van der Waals surface area contributed by atoms with E-state index in [4.69, 9.17) is 21.5 Å². The van der Waals surface area contributed by atoms with E-state index in [1.54, 1.807) is 13.0 Å². The first-order valence-corrected chi connectivity index (χ1v) is 17.4. The highest BCUT2D eigenvalue weighted by molar-refractivity contribution is 7.89. The van der Waals surface area contributed by atoms with Gasteiger partial charge in [-0.3, -0.25) is 19.6 Å². The average molecular weight is 703 g/mol. The first kappa shape index (κ1) is 38.4. The molecule has 3 aromatic carbocycles. The summed E-state index contributed by atoms with van der Waals surface area (Å²) in [6, 6.07) is 20.2. The summed E-state index contributed by atoms with van der Waals surface area (Å²) in [6.07, 6.45) is 0.681. The third-order valence-electron chi connectivity index (χ3n) is 8.31. The maximum atomic E-state index is 12.4. The Morgan fingerprint density at radius 1 is 0.854 bits per heavy atom. The zero-order chi connectivity index (χ0) is 35.4. The number of fused-ring (bicyclic) bond motifs is 3. The van der Waals surface area contributed by atoms with Crippen molar-refractivity contribution in [3.05, 3.63) is 88.9 Å². The average Bonchev–Trinajstić information content (AvgIpc) is 3.41. The summed E-state index contributed by atoms with van der Waals surface area (Å²) in [5.74, 6) is -1.56. The normalized spacial score (nSPS) is 14.6. The molecule has 0 saturated heterocycles. The van der Waals surface area contributed by atoms with Crippen molar-refractivity contribution in [1.82, 2.24) is 21.0 Å². The fourth-order valence-electron chi connectivity index (χ4n) is 5.24. The molecule has 0 radical (unpaired) electrons. The van der Waals surface area contributed by atoms with Crippen molar-refractivity contribution < 1.29 is 37.6 Å². The highest BCUT2D eigenvalue weighted by Crippen LogP contribution is 2.44. The predicted molar refractivity (Wildman–Crippen MR) is 182 cm³/mol. The Labute approximate surface area is 286 Å². The lowest BCUT2D eigenvalue weighted by Crippen LogP contribution is -2.50. The van der Waals surface area contributed by atoms with Crippen LogP contribution < -0.4 is 21.0 Å². The molecule has 12 nitrogen and oxygen atoms in total. The fourth-order valence-corrected chi connectivity index (χ4v) is 6.84. The molecule has 14 heteroatoms. The molecule has 1 aliphatic carbocycles. The molecule has 0 saturated carbocycles. The van der Waals surface area contributed by atoms with Gasteiger partial charge in [-0.15, -0.1) is 0 Å². The zero-order valence-electron chi connectivity index (χ0n) is 27.5. The van der Waals surface area contributed by atoms with Crippen LogP contribution in [0.5, 0.6) is 0 Å². The Morgan fingerprint density at radius 3 is 1.94 bits per heavy atom. The lowest BCUT2D eigenvalue weighted by atomic mass is 9.98. The second-order valence-corrected chi connectivity index (χ2v) is 13.6. The number of sulfonamides is 1. The summed E-state index contributed by atoms with van der Waals surface area (Å²) in [5, 5.41) is 11.7. The molecular weight excluding hydrogens is 660 g/mol. The summed E-state index contributed by atoms with van der Waals surface area (Å²) in [6.45, 7) is 7.58. The van der Waals surface area contributed by atoms with Gasteiger partial charge in [-0.25, -0.2) is 24.2 Å². The van der Waals surface area contributed by atoms with Crippen molar-refractivity contribution in [2.75, 3.05) is 13.7 Å². The Morgan fingerprint density at radius 2 is 1.42 bits per heavy atom. The van der Waals surface area contributed by atoms with Gasteiger partial charge in [0.2, 0.25) is 10.0 Å². The van der Waals surface area contributed by atoms with Crippen LogP contribution in [-0.4, -0.2) is 57.3 Å². The van der Waals surface area contributed by atoms with Crippen molar-refractivity contribution in [3.8, 4) is 11.1 Å². The van der Waals surface area contributed by atoms with Crippen LogP contribution in [0.1, 0.15) is 57.6 Å². The number of amides is 3. The molecule has 5 N–H and O–H groups in total. The molecule has 3 aromatic rings. The van der Waals surface area contributed by atoms with E-state index in [0.29, 0.717) is 6.42 Å². The number of ether oxygens (including phenoxy) is 1. The monoisotopic (exact) mass is 702 g/mol. The van der Waals surface area contributed by atoms with Crippen LogP contribution in [0.2, 0.25) is 5.02 Å². The van der Waals surface area contributed by atoms with Gasteiger partial charge in [-0.2, -0.15) is 4.72 Å². The highest BCUT2D eigenvalue weighted by Gasteiger charge is 2.31. The number of benzene rings is 3. The van der Waals surface area contributed by atoms with Crippen molar-refractivity contribution in [2.24, 2.45) is 11.8 Å². The maximum absolute atomic E-state index is 12.4. The van der Waals surface area contributed by atoms with Crippen LogP contribution in [0.15, 0.2) is 77.7 Å². The molecule has 1 aliphatic rings. The van der Waals surface area contributed by atoms with Crippen LogP contribution in [-0.2, 0) is 29.2 Å². The van der Waals surface area contributed by atoms with E-state index in [-0.39, 0.29) is 34.3 Å². The topological polar surface area (TPSA) is 172 Å². The summed E-state index contributed by atoms with van der Waals surface area (Å²) in [7, 11) is -2.54. The zero-order valence-corrected chi connectivity index (χ0v) is 29.1. The number of nitrogens with one attached hydrogen (secondary N) is 4. The fraction of sp³-hybridized carbons (Fsp3) is 0.382. The van der Waals surface area contributed by atoms with Gasteiger partial charge < -0.3 is 10.1 Å². The van der Waals surface area contributed by atoms with Crippen molar-refractivity contribution in [2.45, 2.75) is 63.4 Å². The molecule has 0 spiro atoms. The quantitative estimate of drug-likeness (QED) is 0.120. The van der Waals surface area contributed by atoms with Crippen LogP contribution in [0.4, 0.5) is 4.79 Å². The molecule has 0 unspecified atom stereocenters. The minimum atomic E-state index is -3.90. The lowest BCUT2D eigenvalue weighted by molar-refractivity contribution is -0.134. The van der Waals surface area contributed by atoms with Crippen molar-refractivity contribution in [3.63, 3.8) is 0 Å². The molecular formula is C34H43ClN4O8S. The van der Waals surface area contributed by atoms with E-state index in [1.807, 2.05) is 45.0 Å². The van der Waals surface area contributed by atoms with Gasteiger partial charge in [0.05, 0.1) is 12.0 Å². The van der Waals surface area contributed by atoms with Crippen molar-refractivity contribution >= 4 is 39.5 Å². The Bertz CT molecular complexity index is 1630. The lowest BCUT2D eigenvalue weighted by Gasteiger charge is -2.23. The van der Waals surface area contributed by atoms with Gasteiger partial charge in [0.25, 0.3) is 11.8 Å². The van der Waals surface area contributed by atoms with Gasteiger partial charge in [-0.1, -0.05) is 107 Å². The first-order valence-electron chi connectivity index (χ1n) is 15.5. The number of rotatable bonds is 13. The summed E-state index contributed by atoms with van der Waals surface area (Å²) in [5.41, 5.74) is 8.39. The number of carbonyl (C=O) groups excluding carboxylic acids is 3. The van der Waals surface area contributed by atoms with Crippen LogP contribution in [0.25, 0.3) is 11.1 Å². The standard InChI is InChI=1S/C22H26N2O4.C12H17ClN2O4S/c1-4-14(2)20(21(25)24-27-3)23-22(26)28-13-19-17-11-7-5-9-15(17)16-10-6-8-12-18(16)19;1-3-8(2)11(12(16)14-17)15-20(18,19)10-6-4-5-9(13)7-10/h5-12,14,19-20H,4,13H2,1-3H3,(H,23,26)(H,24,25);4-8,11,15,17H,3H2,1-2H3,(H,14,16)/t14-,20+;8-,11+/m00/s1. The number of halogens is 1. The SMILES string of the molecule is CC[C@H](C)[C@@H](NC(=O)OCC1c2ccccc2-c2ccccc21)C(=O)NOC.CC[C@H](C)[C@@H](NS(=O)(=O)c1cccc(Cl)c1)C(=O)NO. The van der Waals surface area contributed by atoms with Gasteiger partial charge in [0.15, 0.2) is 0 Å². The maximum Gasteiger partial charge on any atom is 0.407 e. The highest BCUT2D eigenvalue weighted by atomic mass is 35.5. The van der Waals surface area contributed by atoms with Gasteiger partial charge in [0, 0.05) is 10.9 Å². The van der Waals surface area contributed by atoms with Gasteiger partial charge in [0.1, 0.15) is 18.7 Å². The second kappa shape index (κ2) is 17.9. The molecule has 3 amide bonds. The van der Waals surface area contributed by atoms with Gasteiger partial charge >= 0.3 is 6.09 Å². The largest absolute Gasteiger partial charge is 0.449 e. The number of hydroxylamine groups is 2. The molecule has 48 heavy (non-hydrogen) atoms. The summed E-state index contributed by atoms with van der Waals surface area (Å²) >= 11 is 5.76. The molecule has 0 aromatic heterocycles. The number of hydrogen-bond donors (Lipinski definition) is 5. The molecule has 4 atom stereocenters. The number of alkyl carbamates (subject to hydrolysis) is 1. The molecule has 0 bridgehead atoms. The second-order valence-electron chi connectivity index (χ2n) is 11.4. The van der Waals surface area contributed by atoms with E-state index in [2.05, 4.69) is 44.6 Å². The Hall–Kier alpha value is -4.01. The van der Waals surface area contributed by atoms with E-state index < -0.39 is 40.0 Å². The third kappa shape index (κ3) is 9.77. The first-order chi connectivity index (χ1) is 22.9. The minimum Gasteiger partial charge on any atom is -0.449 e. The predicted octanol–water partition coefficient (Wildman–Crippen LogP) is 5.16. The van der Waals surface area contributed by atoms with E-state index >= 15 is 0 Å². The number of hydrogen-bond acceptors (Lipinski definition) is 8. The van der Waals surface area contributed by atoms with Crippen LogP contribution >= 0.6 is 11.6 Å². The molecule has 0 heterocycles. The molecule has 0 aliphatic heterocycles. The van der Waals surface area contributed by atoms with Crippen LogP contribution in [0, 0.1) is 11.8 Å². The summed E-state index contributed by atoms with van der Waals surface area (Å²) in [4.78, 5) is 40.8. The Kier molecular flexibility index (Phi) is 14.4. The minimum absolute atomic E-state index is 0.0204. The van der Waals surface area contributed by atoms with Crippen molar-refractivity contribution in [1.29, 1.82) is 0 Å². The smallest absolute Gasteiger partial charge is 0.407 e. The Balaban J connectivity index is 0.000000277. The van der Waals surface area contributed by atoms with E-state index in [9.17, 15) is 22.8 Å². The number of carbonyl (C=O) groups is 3. The van der Waals surface area contributed by atoms with E-state index in [1.165, 1.54) is 41.9 Å². The summed E-state index contributed by atoms with van der Waals surface area (Å²) < 4.78 is 32.2. The molecule has 0 fully saturated rings. The molecule has 4 rings (SSSR count). The molecule has 260 valence electrons.